The van der Waals surface area contributed by atoms with E-state index in [1.54, 1.807) is 0 Å². The zero-order valence-corrected chi connectivity index (χ0v) is 12.9. The molecule has 0 aromatic rings. The maximum atomic E-state index is 11.4. The molecule has 0 aliphatic carbocycles. The number of ether oxygens (including phenoxy) is 3. The lowest BCUT2D eigenvalue weighted by molar-refractivity contribution is -0.167. The van der Waals surface area contributed by atoms with Crippen molar-refractivity contribution in [2.24, 2.45) is 0 Å². The molecule has 22 heavy (non-hydrogen) atoms. The second kappa shape index (κ2) is 6.62. The number of hydrogen-bond acceptors (Lipinski definition) is 8. The highest BCUT2D eigenvalue weighted by molar-refractivity contribution is 5.68. The first-order valence-electron chi connectivity index (χ1n) is 7.23. The molecule has 0 amide bonds. The minimum absolute atomic E-state index is 0.251. The van der Waals surface area contributed by atoms with Gasteiger partial charge in [-0.2, -0.15) is 0 Å². The van der Waals surface area contributed by atoms with E-state index in [1.807, 2.05) is 4.90 Å². The summed E-state index contributed by atoms with van der Waals surface area (Å²) in [7, 11) is 0. The Hall–Kier alpha value is -1.67. The fourth-order valence-corrected chi connectivity index (χ4v) is 3.42. The molecule has 0 aromatic carbocycles. The molecule has 1 N–H and O–H groups in total. The van der Waals surface area contributed by atoms with Crippen molar-refractivity contribution in [3.05, 3.63) is 0 Å². The number of rotatable bonds is 4. The van der Waals surface area contributed by atoms with Gasteiger partial charge in [0.2, 0.25) is 0 Å². The van der Waals surface area contributed by atoms with E-state index in [4.69, 9.17) is 14.2 Å². The molecule has 2 aliphatic rings. The average Bonchev–Trinajstić information content (AvgIpc) is 2.89. The van der Waals surface area contributed by atoms with E-state index in [9.17, 15) is 19.5 Å². The van der Waals surface area contributed by atoms with Crippen LogP contribution in [0.3, 0.4) is 0 Å². The van der Waals surface area contributed by atoms with Crippen molar-refractivity contribution >= 4 is 17.9 Å². The van der Waals surface area contributed by atoms with Crippen LogP contribution in [0.5, 0.6) is 0 Å². The first kappa shape index (κ1) is 16.7. The zero-order chi connectivity index (χ0) is 16.4. The first-order valence-corrected chi connectivity index (χ1v) is 7.23. The van der Waals surface area contributed by atoms with Gasteiger partial charge < -0.3 is 19.3 Å². The Morgan fingerprint density at radius 2 is 1.55 bits per heavy atom. The highest BCUT2D eigenvalue weighted by atomic mass is 16.6. The van der Waals surface area contributed by atoms with Crippen LogP contribution in [-0.4, -0.2) is 71.5 Å². The van der Waals surface area contributed by atoms with E-state index in [-0.39, 0.29) is 6.61 Å². The third kappa shape index (κ3) is 3.22. The van der Waals surface area contributed by atoms with Gasteiger partial charge in [0.1, 0.15) is 6.10 Å². The standard InChI is InChI=1S/C14H21NO7/c1-7(17)20-11-4-5-15-10(6-16)13(21-8(2)18)14(12(11)15)22-9(3)19/h10-14,16H,4-6H2,1-3H3/t10-,11-,12-,13-,14+/m1/s1. The number of carbonyl (C=O) groups excluding carboxylic acids is 3. The van der Waals surface area contributed by atoms with E-state index in [2.05, 4.69) is 0 Å². The zero-order valence-electron chi connectivity index (χ0n) is 12.9. The van der Waals surface area contributed by atoms with E-state index in [0.717, 1.165) is 0 Å². The third-order valence-corrected chi connectivity index (χ3v) is 4.01. The summed E-state index contributed by atoms with van der Waals surface area (Å²) in [5.74, 6) is -1.47. The molecule has 0 aromatic heterocycles. The van der Waals surface area contributed by atoms with Gasteiger partial charge in [-0.3, -0.25) is 19.3 Å². The van der Waals surface area contributed by atoms with Crippen LogP contribution in [0.25, 0.3) is 0 Å². The number of nitrogens with zero attached hydrogens (tertiary/aromatic N) is 1. The molecular weight excluding hydrogens is 294 g/mol. The second-order valence-corrected chi connectivity index (χ2v) is 5.56. The topological polar surface area (TPSA) is 102 Å². The summed E-state index contributed by atoms with van der Waals surface area (Å²) in [6.45, 7) is 4.14. The number of aliphatic hydroxyl groups excluding tert-OH is 1. The molecule has 0 bridgehead atoms. The summed E-state index contributed by atoms with van der Waals surface area (Å²) in [5, 5.41) is 9.64. The van der Waals surface area contributed by atoms with Gasteiger partial charge in [-0.25, -0.2) is 0 Å². The van der Waals surface area contributed by atoms with Crippen LogP contribution in [0.4, 0.5) is 0 Å². The average molecular weight is 315 g/mol. The van der Waals surface area contributed by atoms with Gasteiger partial charge in [0.05, 0.1) is 18.7 Å². The molecule has 2 fully saturated rings. The quantitative estimate of drug-likeness (QED) is 0.533. The van der Waals surface area contributed by atoms with Gasteiger partial charge in [-0.1, -0.05) is 0 Å². The maximum absolute atomic E-state index is 11.4. The molecule has 8 heteroatoms. The molecule has 8 nitrogen and oxygen atoms in total. The van der Waals surface area contributed by atoms with Crippen molar-refractivity contribution in [3.8, 4) is 0 Å². The lowest BCUT2D eigenvalue weighted by Gasteiger charge is -2.26. The number of carbonyl (C=O) groups is 3. The van der Waals surface area contributed by atoms with Gasteiger partial charge in [0, 0.05) is 27.3 Å². The molecule has 2 heterocycles. The van der Waals surface area contributed by atoms with Crippen molar-refractivity contribution in [1.82, 2.24) is 4.90 Å². The van der Waals surface area contributed by atoms with Crippen molar-refractivity contribution in [2.45, 2.75) is 57.6 Å². The smallest absolute Gasteiger partial charge is 0.303 e. The summed E-state index contributed by atoms with van der Waals surface area (Å²) in [6.07, 6.45) is -1.44. The minimum atomic E-state index is -0.783. The van der Waals surface area contributed by atoms with Gasteiger partial charge in [0.25, 0.3) is 0 Å². The molecule has 124 valence electrons. The molecule has 2 saturated heterocycles. The normalized spacial score (nSPS) is 34.1. The van der Waals surface area contributed by atoms with E-state index in [0.29, 0.717) is 13.0 Å². The molecule has 0 unspecified atom stereocenters. The first-order chi connectivity index (χ1) is 10.3. The summed E-state index contributed by atoms with van der Waals surface area (Å²) in [4.78, 5) is 35.8. The Labute approximate surface area is 128 Å². The van der Waals surface area contributed by atoms with Crippen molar-refractivity contribution in [1.29, 1.82) is 0 Å². The van der Waals surface area contributed by atoms with Crippen molar-refractivity contribution in [3.63, 3.8) is 0 Å². The van der Waals surface area contributed by atoms with Crippen LogP contribution in [0, 0.1) is 0 Å². The summed E-state index contributed by atoms with van der Waals surface area (Å²) >= 11 is 0. The molecule has 0 saturated carbocycles. The Balaban J connectivity index is 2.28. The minimum Gasteiger partial charge on any atom is -0.461 e. The van der Waals surface area contributed by atoms with E-state index >= 15 is 0 Å². The summed E-state index contributed by atoms with van der Waals surface area (Å²) < 4.78 is 15.9. The van der Waals surface area contributed by atoms with Crippen LogP contribution in [0.2, 0.25) is 0 Å². The Kier molecular flexibility index (Phi) is 5.02. The number of fused-ring (bicyclic) bond motifs is 1. The van der Waals surface area contributed by atoms with Gasteiger partial charge >= 0.3 is 17.9 Å². The highest BCUT2D eigenvalue weighted by Gasteiger charge is 2.58. The predicted molar refractivity (Wildman–Crippen MR) is 72.6 cm³/mol. The van der Waals surface area contributed by atoms with Crippen molar-refractivity contribution in [2.75, 3.05) is 13.2 Å². The fraction of sp³-hybridized carbons (Fsp3) is 0.786. The number of esters is 3. The maximum Gasteiger partial charge on any atom is 0.303 e. The third-order valence-electron chi connectivity index (χ3n) is 4.01. The van der Waals surface area contributed by atoms with Crippen molar-refractivity contribution < 1.29 is 33.7 Å². The van der Waals surface area contributed by atoms with Gasteiger partial charge in [-0.15, -0.1) is 0 Å². The largest absolute Gasteiger partial charge is 0.461 e. The van der Waals surface area contributed by atoms with E-state index < -0.39 is 48.3 Å². The Morgan fingerprint density at radius 3 is 2.05 bits per heavy atom. The number of aliphatic hydroxyl groups is 1. The Morgan fingerprint density at radius 1 is 1.00 bits per heavy atom. The predicted octanol–water partition coefficient (Wildman–Crippen LogP) is -0.770. The lowest BCUT2D eigenvalue weighted by Crippen LogP contribution is -2.44. The van der Waals surface area contributed by atoms with Crippen LogP contribution < -0.4 is 0 Å². The molecule has 2 aliphatic heterocycles. The molecular formula is C14H21NO7. The fourth-order valence-electron chi connectivity index (χ4n) is 3.42. The molecule has 0 radical (unpaired) electrons. The lowest BCUT2D eigenvalue weighted by atomic mass is 10.0. The van der Waals surface area contributed by atoms with Gasteiger partial charge in [-0.05, 0) is 6.42 Å². The Bertz CT molecular complexity index is 466. The van der Waals surface area contributed by atoms with Crippen LogP contribution in [0.15, 0.2) is 0 Å². The summed E-state index contributed by atoms with van der Waals surface area (Å²) in [5.41, 5.74) is 0. The number of hydrogen-bond donors (Lipinski definition) is 1. The molecule has 0 spiro atoms. The van der Waals surface area contributed by atoms with E-state index in [1.165, 1.54) is 20.8 Å². The second-order valence-electron chi connectivity index (χ2n) is 5.56. The van der Waals surface area contributed by atoms with Crippen LogP contribution in [-0.2, 0) is 28.6 Å². The SMILES string of the molecule is CC(=O)O[C@@H]1[C@H](OC(C)=O)[C@@H](CO)N2CC[C@@H](OC(C)=O)[C@H]12. The highest BCUT2D eigenvalue weighted by Crippen LogP contribution is 2.38. The summed E-state index contributed by atoms with van der Waals surface area (Å²) in [6, 6.07) is -0.909. The van der Waals surface area contributed by atoms with Crippen LogP contribution in [0.1, 0.15) is 27.2 Å². The monoisotopic (exact) mass is 315 g/mol. The van der Waals surface area contributed by atoms with Crippen LogP contribution >= 0.6 is 0 Å². The van der Waals surface area contributed by atoms with Gasteiger partial charge in [0.15, 0.2) is 12.2 Å². The molecule has 2 rings (SSSR count). The molecule has 5 atom stereocenters.